The highest BCUT2D eigenvalue weighted by Gasteiger charge is 2.11. The molecule has 0 saturated heterocycles. The number of amides is 2. The van der Waals surface area contributed by atoms with Gasteiger partial charge in [0, 0.05) is 15.6 Å². The molecule has 2 N–H and O–H groups in total. The highest BCUT2D eigenvalue weighted by molar-refractivity contribution is 7.14. The molecule has 7 heteroatoms. The molecule has 0 bridgehead atoms. The number of nitrogens with one attached hydrogen (secondary N) is 2. The van der Waals surface area contributed by atoms with E-state index in [0.717, 1.165) is 15.8 Å². The van der Waals surface area contributed by atoms with Crippen LogP contribution >= 0.6 is 22.7 Å². The summed E-state index contributed by atoms with van der Waals surface area (Å²) in [6.07, 6.45) is 0. The SMILES string of the molecule is O=C(NCc1cccs1)Nc1nc(-c2cc3ccccc3o2)cs1. The van der Waals surface area contributed by atoms with Crippen molar-refractivity contribution in [3.05, 3.63) is 58.1 Å². The van der Waals surface area contributed by atoms with Crippen LogP contribution in [-0.2, 0) is 6.54 Å². The molecule has 0 fully saturated rings. The van der Waals surface area contributed by atoms with Crippen molar-refractivity contribution in [2.75, 3.05) is 5.32 Å². The van der Waals surface area contributed by atoms with Crippen molar-refractivity contribution < 1.29 is 9.21 Å². The lowest BCUT2D eigenvalue weighted by molar-refractivity contribution is 0.252. The topological polar surface area (TPSA) is 67.2 Å². The summed E-state index contributed by atoms with van der Waals surface area (Å²) >= 11 is 2.97. The van der Waals surface area contributed by atoms with Gasteiger partial charge < -0.3 is 9.73 Å². The molecule has 0 aliphatic heterocycles. The van der Waals surface area contributed by atoms with E-state index < -0.39 is 0 Å². The van der Waals surface area contributed by atoms with Gasteiger partial charge in [-0.2, -0.15) is 0 Å². The largest absolute Gasteiger partial charge is 0.454 e. The summed E-state index contributed by atoms with van der Waals surface area (Å²) in [5.74, 6) is 0.694. The molecule has 0 aliphatic carbocycles. The Balaban J connectivity index is 1.43. The molecular formula is C17H13N3O2S2. The number of carbonyl (C=O) groups is 1. The fraction of sp³-hybridized carbons (Fsp3) is 0.0588. The summed E-state index contributed by atoms with van der Waals surface area (Å²) in [5, 5.41) is 11.0. The van der Waals surface area contributed by atoms with Gasteiger partial charge >= 0.3 is 6.03 Å². The number of thiophene rings is 1. The minimum atomic E-state index is -0.270. The van der Waals surface area contributed by atoms with Crippen LogP contribution in [0.1, 0.15) is 4.88 Å². The molecule has 0 aliphatic rings. The minimum Gasteiger partial charge on any atom is -0.454 e. The normalized spacial score (nSPS) is 10.8. The van der Waals surface area contributed by atoms with Gasteiger partial charge in [0.1, 0.15) is 11.3 Å². The fourth-order valence-corrected chi connectivity index (χ4v) is 3.61. The van der Waals surface area contributed by atoms with Gasteiger partial charge in [-0.15, -0.1) is 22.7 Å². The van der Waals surface area contributed by atoms with Gasteiger partial charge in [0.25, 0.3) is 0 Å². The standard InChI is InChI=1S/C17H13N3O2S2/c21-16(18-9-12-5-3-7-23-12)20-17-19-13(10-24-17)15-8-11-4-1-2-6-14(11)22-15/h1-8,10H,9H2,(H2,18,19,20,21). The number of carbonyl (C=O) groups excluding carboxylic acids is 1. The quantitative estimate of drug-likeness (QED) is 0.545. The molecule has 24 heavy (non-hydrogen) atoms. The minimum absolute atomic E-state index is 0.270. The molecular weight excluding hydrogens is 342 g/mol. The molecule has 0 unspecified atom stereocenters. The Morgan fingerprint density at radius 1 is 1.17 bits per heavy atom. The summed E-state index contributed by atoms with van der Waals surface area (Å²) in [6, 6.07) is 13.4. The summed E-state index contributed by atoms with van der Waals surface area (Å²) in [4.78, 5) is 17.4. The Morgan fingerprint density at radius 3 is 2.92 bits per heavy atom. The number of rotatable bonds is 4. The summed E-state index contributed by atoms with van der Waals surface area (Å²) in [6.45, 7) is 0.505. The molecule has 2 amide bonds. The van der Waals surface area contributed by atoms with Gasteiger partial charge in [0.15, 0.2) is 10.9 Å². The number of hydrogen-bond donors (Lipinski definition) is 2. The van der Waals surface area contributed by atoms with Crippen molar-refractivity contribution in [3.63, 3.8) is 0 Å². The first-order valence-electron chi connectivity index (χ1n) is 7.30. The molecule has 0 radical (unpaired) electrons. The Morgan fingerprint density at radius 2 is 2.08 bits per heavy atom. The van der Waals surface area contributed by atoms with Crippen LogP contribution in [0, 0.1) is 0 Å². The number of hydrogen-bond acceptors (Lipinski definition) is 5. The van der Waals surface area contributed by atoms with E-state index in [9.17, 15) is 4.79 Å². The Kier molecular flexibility index (Phi) is 4.02. The lowest BCUT2D eigenvalue weighted by Gasteiger charge is -2.03. The zero-order valence-electron chi connectivity index (χ0n) is 12.5. The lowest BCUT2D eigenvalue weighted by Crippen LogP contribution is -2.27. The van der Waals surface area contributed by atoms with Gasteiger partial charge in [-0.1, -0.05) is 24.3 Å². The maximum atomic E-state index is 11.9. The van der Waals surface area contributed by atoms with Crippen LogP contribution in [0.4, 0.5) is 9.93 Å². The Bertz CT molecular complexity index is 940. The number of thiazole rings is 1. The van der Waals surface area contributed by atoms with E-state index in [1.165, 1.54) is 11.3 Å². The second kappa shape index (κ2) is 6.46. The van der Waals surface area contributed by atoms with Crippen molar-refractivity contribution in [1.29, 1.82) is 0 Å². The van der Waals surface area contributed by atoms with Gasteiger partial charge in [-0.05, 0) is 23.6 Å². The second-order valence-corrected chi connectivity index (χ2v) is 6.96. The molecule has 4 aromatic rings. The number of benzene rings is 1. The Labute approximate surface area is 146 Å². The van der Waals surface area contributed by atoms with E-state index in [0.29, 0.717) is 23.1 Å². The third-order valence-corrected chi connectivity index (χ3v) is 5.04. The first-order chi connectivity index (χ1) is 11.8. The lowest BCUT2D eigenvalue weighted by atomic mass is 10.2. The highest BCUT2D eigenvalue weighted by atomic mass is 32.1. The van der Waals surface area contributed by atoms with E-state index in [1.807, 2.05) is 53.2 Å². The van der Waals surface area contributed by atoms with Crippen molar-refractivity contribution in [2.45, 2.75) is 6.54 Å². The Hall–Kier alpha value is -2.64. The van der Waals surface area contributed by atoms with Gasteiger partial charge in [0.2, 0.25) is 0 Å². The molecule has 1 aromatic carbocycles. The predicted octanol–water partition coefficient (Wildman–Crippen LogP) is 4.94. The summed E-state index contributed by atoms with van der Waals surface area (Å²) < 4.78 is 5.79. The second-order valence-electron chi connectivity index (χ2n) is 5.07. The number of para-hydroxylation sites is 1. The van der Waals surface area contributed by atoms with E-state index >= 15 is 0 Å². The maximum Gasteiger partial charge on any atom is 0.321 e. The highest BCUT2D eigenvalue weighted by Crippen LogP contribution is 2.30. The van der Waals surface area contributed by atoms with Gasteiger partial charge in [-0.3, -0.25) is 5.32 Å². The van der Waals surface area contributed by atoms with Crippen LogP contribution < -0.4 is 10.6 Å². The van der Waals surface area contributed by atoms with Crippen LogP contribution in [0.3, 0.4) is 0 Å². The molecule has 5 nitrogen and oxygen atoms in total. The molecule has 120 valence electrons. The van der Waals surface area contributed by atoms with Crippen molar-refractivity contribution >= 4 is 44.8 Å². The van der Waals surface area contributed by atoms with E-state index in [1.54, 1.807) is 11.3 Å². The van der Waals surface area contributed by atoms with Gasteiger partial charge in [-0.25, -0.2) is 9.78 Å². The van der Waals surface area contributed by atoms with Crippen LogP contribution in [0.15, 0.2) is 57.6 Å². The number of urea groups is 1. The number of aromatic nitrogens is 1. The molecule has 0 saturated carbocycles. The van der Waals surface area contributed by atoms with E-state index in [2.05, 4.69) is 15.6 Å². The monoisotopic (exact) mass is 355 g/mol. The van der Waals surface area contributed by atoms with Crippen molar-refractivity contribution in [1.82, 2.24) is 10.3 Å². The third-order valence-electron chi connectivity index (χ3n) is 3.41. The predicted molar refractivity (Wildman–Crippen MR) is 97.5 cm³/mol. The molecule has 3 heterocycles. The van der Waals surface area contributed by atoms with Crippen molar-refractivity contribution in [3.8, 4) is 11.5 Å². The van der Waals surface area contributed by atoms with Gasteiger partial charge in [0.05, 0.1) is 6.54 Å². The first-order valence-corrected chi connectivity index (χ1v) is 9.05. The molecule has 3 aromatic heterocycles. The first kappa shape index (κ1) is 14.9. The molecule has 4 rings (SSSR count). The number of fused-ring (bicyclic) bond motifs is 1. The van der Waals surface area contributed by atoms with Crippen LogP contribution in [0.5, 0.6) is 0 Å². The van der Waals surface area contributed by atoms with E-state index in [-0.39, 0.29) is 6.03 Å². The van der Waals surface area contributed by atoms with Crippen LogP contribution in [0.25, 0.3) is 22.4 Å². The summed E-state index contributed by atoms with van der Waals surface area (Å²) in [5.41, 5.74) is 1.54. The van der Waals surface area contributed by atoms with E-state index in [4.69, 9.17) is 4.42 Å². The fourth-order valence-electron chi connectivity index (χ4n) is 2.27. The average Bonchev–Trinajstić information content (AvgIpc) is 3.32. The van der Waals surface area contributed by atoms with Crippen molar-refractivity contribution in [2.24, 2.45) is 0 Å². The number of furan rings is 1. The van der Waals surface area contributed by atoms with Crippen LogP contribution in [-0.4, -0.2) is 11.0 Å². The van der Waals surface area contributed by atoms with Crippen LogP contribution in [0.2, 0.25) is 0 Å². The molecule has 0 spiro atoms. The smallest absolute Gasteiger partial charge is 0.321 e. The summed E-state index contributed by atoms with van der Waals surface area (Å²) in [7, 11) is 0. The maximum absolute atomic E-state index is 11.9. The average molecular weight is 355 g/mol. The number of anilines is 1. The molecule has 0 atom stereocenters. The third kappa shape index (κ3) is 3.17. The zero-order chi connectivity index (χ0) is 16.4. The zero-order valence-corrected chi connectivity index (χ0v) is 14.1. The number of nitrogens with zero attached hydrogens (tertiary/aromatic N) is 1.